The van der Waals surface area contributed by atoms with Crippen molar-refractivity contribution < 1.29 is 10.2 Å². The molecule has 2 heteroatoms. The molecule has 0 amide bonds. The standard InChI is InChI=1S/C16H32O2/c17-13-8-6-4-2-1-3-5-7-10-16(14-18)15-11-9-12-15/h15-18H,1-14H2. The van der Waals surface area contributed by atoms with Crippen LogP contribution in [0.4, 0.5) is 0 Å². The fraction of sp³-hybridized carbons (Fsp3) is 1.00. The molecule has 1 fully saturated rings. The van der Waals surface area contributed by atoms with E-state index in [4.69, 9.17) is 5.11 Å². The first-order valence-corrected chi connectivity index (χ1v) is 8.10. The van der Waals surface area contributed by atoms with Gasteiger partial charge >= 0.3 is 0 Å². The molecule has 1 unspecified atom stereocenters. The number of hydrogen-bond donors (Lipinski definition) is 2. The van der Waals surface area contributed by atoms with Crippen molar-refractivity contribution in [1.82, 2.24) is 0 Å². The molecule has 0 heterocycles. The van der Waals surface area contributed by atoms with E-state index in [1.807, 2.05) is 0 Å². The monoisotopic (exact) mass is 256 g/mol. The van der Waals surface area contributed by atoms with Gasteiger partial charge in [0.1, 0.15) is 0 Å². The van der Waals surface area contributed by atoms with Gasteiger partial charge in [-0.3, -0.25) is 0 Å². The lowest BCUT2D eigenvalue weighted by molar-refractivity contribution is 0.114. The molecular weight excluding hydrogens is 224 g/mol. The van der Waals surface area contributed by atoms with Crippen molar-refractivity contribution in [3.05, 3.63) is 0 Å². The van der Waals surface area contributed by atoms with Gasteiger partial charge in [-0.1, -0.05) is 64.2 Å². The van der Waals surface area contributed by atoms with Crippen molar-refractivity contribution in [2.75, 3.05) is 13.2 Å². The van der Waals surface area contributed by atoms with Gasteiger partial charge in [-0.2, -0.15) is 0 Å². The van der Waals surface area contributed by atoms with Crippen molar-refractivity contribution in [2.24, 2.45) is 11.8 Å². The third kappa shape index (κ3) is 6.75. The van der Waals surface area contributed by atoms with Gasteiger partial charge in [0.15, 0.2) is 0 Å². The van der Waals surface area contributed by atoms with E-state index in [1.54, 1.807) is 0 Å². The highest BCUT2D eigenvalue weighted by atomic mass is 16.3. The van der Waals surface area contributed by atoms with Crippen molar-refractivity contribution in [2.45, 2.75) is 77.0 Å². The van der Waals surface area contributed by atoms with E-state index in [1.165, 1.54) is 70.6 Å². The summed E-state index contributed by atoms with van der Waals surface area (Å²) in [6.45, 7) is 0.759. The molecule has 1 aliphatic rings. The highest BCUT2D eigenvalue weighted by Gasteiger charge is 2.25. The summed E-state index contributed by atoms with van der Waals surface area (Å²) in [4.78, 5) is 0. The van der Waals surface area contributed by atoms with Crippen LogP contribution in [0.15, 0.2) is 0 Å². The molecule has 0 aromatic rings. The smallest absolute Gasteiger partial charge is 0.0461 e. The lowest BCUT2D eigenvalue weighted by Gasteiger charge is -2.32. The molecule has 1 saturated carbocycles. The highest BCUT2D eigenvalue weighted by molar-refractivity contribution is 4.77. The van der Waals surface area contributed by atoms with E-state index in [2.05, 4.69) is 0 Å². The molecule has 0 aromatic heterocycles. The van der Waals surface area contributed by atoms with E-state index < -0.39 is 0 Å². The molecular formula is C16H32O2. The summed E-state index contributed by atoms with van der Waals surface area (Å²) in [6.07, 6.45) is 15.4. The Bertz CT molecular complexity index is 178. The van der Waals surface area contributed by atoms with Crippen LogP contribution in [-0.4, -0.2) is 23.4 Å². The quantitative estimate of drug-likeness (QED) is 0.520. The van der Waals surface area contributed by atoms with E-state index >= 15 is 0 Å². The lowest BCUT2D eigenvalue weighted by Crippen LogP contribution is -2.24. The Labute approximate surface area is 113 Å². The maximum atomic E-state index is 9.36. The molecule has 108 valence electrons. The molecule has 2 nitrogen and oxygen atoms in total. The Hall–Kier alpha value is -0.0800. The SMILES string of the molecule is OCCCCCCCCCCC(CO)C1CCC1. The largest absolute Gasteiger partial charge is 0.396 e. The van der Waals surface area contributed by atoms with Crippen molar-refractivity contribution >= 4 is 0 Å². The molecule has 0 aliphatic heterocycles. The number of rotatable bonds is 12. The first-order valence-electron chi connectivity index (χ1n) is 8.10. The molecule has 0 saturated heterocycles. The third-order valence-electron chi connectivity index (χ3n) is 4.53. The van der Waals surface area contributed by atoms with E-state index in [-0.39, 0.29) is 0 Å². The molecule has 0 bridgehead atoms. The zero-order chi connectivity index (χ0) is 13.1. The van der Waals surface area contributed by atoms with Crippen LogP contribution in [0.3, 0.4) is 0 Å². The average molecular weight is 256 g/mol. The van der Waals surface area contributed by atoms with Gasteiger partial charge in [-0.05, 0) is 24.7 Å². The van der Waals surface area contributed by atoms with Gasteiger partial charge in [0.2, 0.25) is 0 Å². The molecule has 1 rings (SSSR count). The number of hydrogen-bond acceptors (Lipinski definition) is 2. The van der Waals surface area contributed by atoms with Gasteiger partial charge in [-0.15, -0.1) is 0 Å². The predicted octanol–water partition coefficient (Wildman–Crippen LogP) is 3.90. The van der Waals surface area contributed by atoms with Crippen molar-refractivity contribution in [1.29, 1.82) is 0 Å². The topological polar surface area (TPSA) is 40.5 Å². The first kappa shape index (κ1) is 16.0. The van der Waals surface area contributed by atoms with Crippen LogP contribution in [0, 0.1) is 11.8 Å². The van der Waals surface area contributed by atoms with Gasteiger partial charge in [0, 0.05) is 13.2 Å². The van der Waals surface area contributed by atoms with E-state index in [0.717, 1.165) is 12.3 Å². The van der Waals surface area contributed by atoms with Crippen molar-refractivity contribution in [3.63, 3.8) is 0 Å². The average Bonchev–Trinajstić information content (AvgIpc) is 2.33. The Morgan fingerprint density at radius 2 is 1.33 bits per heavy atom. The van der Waals surface area contributed by atoms with Gasteiger partial charge in [-0.25, -0.2) is 0 Å². The Morgan fingerprint density at radius 3 is 1.78 bits per heavy atom. The molecule has 0 spiro atoms. The fourth-order valence-corrected chi connectivity index (χ4v) is 2.97. The van der Waals surface area contributed by atoms with E-state index in [9.17, 15) is 5.11 Å². The van der Waals surface area contributed by atoms with Crippen LogP contribution in [-0.2, 0) is 0 Å². The molecule has 18 heavy (non-hydrogen) atoms. The summed E-state index contributed by atoms with van der Waals surface area (Å²) < 4.78 is 0. The van der Waals surface area contributed by atoms with Crippen LogP contribution < -0.4 is 0 Å². The zero-order valence-electron chi connectivity index (χ0n) is 11.9. The Balaban J connectivity index is 1.82. The molecule has 1 atom stereocenters. The summed E-state index contributed by atoms with van der Waals surface area (Å²) in [5.74, 6) is 1.44. The maximum Gasteiger partial charge on any atom is 0.0461 e. The minimum absolute atomic E-state index is 0.351. The van der Waals surface area contributed by atoms with E-state index in [0.29, 0.717) is 19.1 Å². The van der Waals surface area contributed by atoms with Gasteiger partial charge < -0.3 is 10.2 Å². The normalized spacial score (nSPS) is 17.7. The first-order chi connectivity index (χ1) is 8.88. The summed E-state index contributed by atoms with van der Waals surface area (Å²) in [6, 6.07) is 0. The third-order valence-corrected chi connectivity index (χ3v) is 4.53. The summed E-state index contributed by atoms with van der Waals surface area (Å²) in [5, 5.41) is 18.0. The minimum Gasteiger partial charge on any atom is -0.396 e. The lowest BCUT2D eigenvalue weighted by atomic mass is 9.74. The fourth-order valence-electron chi connectivity index (χ4n) is 2.97. The second kappa shape index (κ2) is 10.8. The molecule has 0 aromatic carbocycles. The Kier molecular flexibility index (Phi) is 9.59. The van der Waals surface area contributed by atoms with Gasteiger partial charge in [0.05, 0.1) is 0 Å². The minimum atomic E-state index is 0.351. The van der Waals surface area contributed by atoms with Crippen LogP contribution >= 0.6 is 0 Å². The van der Waals surface area contributed by atoms with Crippen LogP contribution in [0.5, 0.6) is 0 Å². The molecule has 0 radical (unpaired) electrons. The maximum absolute atomic E-state index is 9.36. The number of aliphatic hydroxyl groups excluding tert-OH is 2. The summed E-state index contributed by atoms with van der Waals surface area (Å²) in [5.41, 5.74) is 0. The zero-order valence-corrected chi connectivity index (χ0v) is 11.9. The summed E-state index contributed by atoms with van der Waals surface area (Å²) in [7, 11) is 0. The number of aliphatic hydroxyl groups is 2. The van der Waals surface area contributed by atoms with Gasteiger partial charge in [0.25, 0.3) is 0 Å². The highest BCUT2D eigenvalue weighted by Crippen LogP contribution is 2.35. The second-order valence-corrected chi connectivity index (χ2v) is 5.97. The van der Waals surface area contributed by atoms with Crippen LogP contribution in [0.2, 0.25) is 0 Å². The van der Waals surface area contributed by atoms with Crippen LogP contribution in [0.1, 0.15) is 77.0 Å². The van der Waals surface area contributed by atoms with Crippen LogP contribution in [0.25, 0.3) is 0 Å². The Morgan fingerprint density at radius 1 is 0.778 bits per heavy atom. The predicted molar refractivity (Wildman–Crippen MR) is 76.6 cm³/mol. The molecule has 1 aliphatic carbocycles. The molecule has 2 N–H and O–H groups in total. The van der Waals surface area contributed by atoms with Crippen molar-refractivity contribution in [3.8, 4) is 0 Å². The number of unbranched alkanes of at least 4 members (excludes halogenated alkanes) is 7. The second-order valence-electron chi connectivity index (χ2n) is 5.97. The summed E-state index contributed by atoms with van der Waals surface area (Å²) >= 11 is 0.